The number of likely N-dealkylation sites (tertiary alicyclic amines) is 1. The zero-order valence-electron chi connectivity index (χ0n) is 10.9. The second kappa shape index (κ2) is 5.91. The van der Waals surface area contributed by atoms with Gasteiger partial charge in [0.25, 0.3) is 0 Å². The van der Waals surface area contributed by atoms with Crippen LogP contribution in [-0.4, -0.2) is 24.0 Å². The van der Waals surface area contributed by atoms with Crippen LogP contribution in [-0.2, 0) is 0 Å². The number of hydrogen-bond donors (Lipinski definition) is 1. The first kappa shape index (κ1) is 14.3. The zero-order valence-corrected chi connectivity index (χ0v) is 13.2. The summed E-state index contributed by atoms with van der Waals surface area (Å²) in [6.07, 6.45) is 1.18. The van der Waals surface area contributed by atoms with E-state index in [0.717, 1.165) is 22.6 Å². The van der Waals surface area contributed by atoms with Crippen molar-refractivity contribution in [2.45, 2.75) is 32.4 Å². The van der Waals surface area contributed by atoms with E-state index in [2.05, 4.69) is 46.8 Å². The lowest BCUT2D eigenvalue weighted by atomic mass is 9.93. The molecule has 18 heavy (non-hydrogen) atoms. The van der Waals surface area contributed by atoms with Crippen molar-refractivity contribution in [1.29, 1.82) is 0 Å². The van der Waals surface area contributed by atoms with Crippen LogP contribution >= 0.6 is 27.5 Å². The Kier molecular flexibility index (Phi) is 4.70. The molecule has 1 saturated heterocycles. The van der Waals surface area contributed by atoms with E-state index in [9.17, 15) is 0 Å². The average molecular weight is 332 g/mol. The Morgan fingerprint density at radius 3 is 2.78 bits per heavy atom. The Labute approximate surface area is 123 Å². The van der Waals surface area contributed by atoms with Crippen molar-refractivity contribution in [2.24, 2.45) is 11.7 Å². The minimum Gasteiger partial charge on any atom is -0.330 e. The van der Waals surface area contributed by atoms with Crippen LogP contribution < -0.4 is 5.73 Å². The smallest absolute Gasteiger partial charge is 0.0548 e. The summed E-state index contributed by atoms with van der Waals surface area (Å²) in [7, 11) is 0. The van der Waals surface area contributed by atoms with Crippen molar-refractivity contribution < 1.29 is 0 Å². The number of benzene rings is 1. The normalized spacial score (nSPS) is 25.0. The largest absolute Gasteiger partial charge is 0.330 e. The van der Waals surface area contributed by atoms with Crippen molar-refractivity contribution in [2.75, 3.05) is 13.1 Å². The zero-order chi connectivity index (χ0) is 13.3. The maximum absolute atomic E-state index is 6.07. The third kappa shape index (κ3) is 2.74. The van der Waals surface area contributed by atoms with Gasteiger partial charge in [-0.2, -0.15) is 0 Å². The summed E-state index contributed by atoms with van der Waals surface area (Å²) in [5, 5.41) is 0.761. The molecular weight excluding hydrogens is 312 g/mol. The van der Waals surface area contributed by atoms with Gasteiger partial charge >= 0.3 is 0 Å². The summed E-state index contributed by atoms with van der Waals surface area (Å²) in [4.78, 5) is 2.53. The predicted molar refractivity (Wildman–Crippen MR) is 80.9 cm³/mol. The van der Waals surface area contributed by atoms with Crippen LogP contribution in [0.1, 0.15) is 31.9 Å². The van der Waals surface area contributed by atoms with Gasteiger partial charge < -0.3 is 5.73 Å². The number of nitrogens with two attached hydrogens (primary N) is 1. The highest BCUT2D eigenvalue weighted by Gasteiger charge is 2.35. The van der Waals surface area contributed by atoms with Gasteiger partial charge in [-0.1, -0.05) is 17.7 Å². The topological polar surface area (TPSA) is 29.3 Å². The molecule has 0 amide bonds. The summed E-state index contributed by atoms with van der Waals surface area (Å²) in [6.45, 7) is 6.37. The van der Waals surface area contributed by atoms with Crippen molar-refractivity contribution in [3.05, 3.63) is 33.3 Å². The van der Waals surface area contributed by atoms with Crippen molar-refractivity contribution >= 4 is 27.5 Å². The fourth-order valence-corrected chi connectivity index (χ4v) is 3.38. The molecule has 4 heteroatoms. The number of rotatable bonds is 3. The Hall–Kier alpha value is -0.0900. The Bertz CT molecular complexity index is 422. The predicted octanol–water partition coefficient (Wildman–Crippen LogP) is 3.83. The van der Waals surface area contributed by atoms with Gasteiger partial charge in [0.1, 0.15) is 0 Å². The molecule has 2 unspecified atom stereocenters. The van der Waals surface area contributed by atoms with E-state index in [-0.39, 0.29) is 0 Å². The molecular formula is C14H20BrClN2. The molecule has 2 atom stereocenters. The second-order valence-corrected chi connectivity index (χ2v) is 6.50. The van der Waals surface area contributed by atoms with Crippen LogP contribution in [0, 0.1) is 5.92 Å². The van der Waals surface area contributed by atoms with Gasteiger partial charge in [-0.05, 0) is 72.9 Å². The molecule has 1 heterocycles. The monoisotopic (exact) mass is 330 g/mol. The van der Waals surface area contributed by atoms with Gasteiger partial charge in [0.2, 0.25) is 0 Å². The fraction of sp³-hybridized carbons (Fsp3) is 0.571. The molecule has 1 aliphatic rings. The molecule has 100 valence electrons. The molecule has 0 bridgehead atoms. The Morgan fingerprint density at radius 2 is 2.22 bits per heavy atom. The first-order chi connectivity index (χ1) is 8.54. The minimum atomic E-state index is 0.420. The summed E-state index contributed by atoms with van der Waals surface area (Å²) >= 11 is 9.58. The van der Waals surface area contributed by atoms with E-state index in [4.69, 9.17) is 17.3 Å². The summed E-state index contributed by atoms with van der Waals surface area (Å²) in [6, 6.07) is 7.19. The highest BCUT2D eigenvalue weighted by Crippen LogP contribution is 2.39. The summed E-state index contributed by atoms with van der Waals surface area (Å²) in [5.74, 6) is 0.542. The quantitative estimate of drug-likeness (QED) is 0.912. The van der Waals surface area contributed by atoms with Gasteiger partial charge in [0, 0.05) is 16.6 Å². The van der Waals surface area contributed by atoms with Crippen LogP contribution in [0.15, 0.2) is 22.7 Å². The van der Waals surface area contributed by atoms with Crippen LogP contribution in [0.5, 0.6) is 0 Å². The minimum absolute atomic E-state index is 0.420. The van der Waals surface area contributed by atoms with Crippen LogP contribution in [0.2, 0.25) is 5.02 Å². The number of nitrogens with zero attached hydrogens (tertiary/aromatic N) is 1. The molecule has 1 aliphatic heterocycles. The van der Waals surface area contributed by atoms with E-state index >= 15 is 0 Å². The first-order valence-corrected chi connectivity index (χ1v) is 7.62. The van der Waals surface area contributed by atoms with Crippen molar-refractivity contribution in [1.82, 2.24) is 4.90 Å². The van der Waals surface area contributed by atoms with Gasteiger partial charge in [0.05, 0.1) is 5.02 Å². The molecule has 0 spiro atoms. The van der Waals surface area contributed by atoms with Crippen LogP contribution in [0.3, 0.4) is 0 Å². The molecule has 1 aromatic carbocycles. The van der Waals surface area contributed by atoms with Gasteiger partial charge in [-0.3, -0.25) is 4.90 Å². The van der Waals surface area contributed by atoms with Crippen LogP contribution in [0.25, 0.3) is 0 Å². The lowest BCUT2D eigenvalue weighted by Crippen LogP contribution is -2.33. The highest BCUT2D eigenvalue weighted by molar-refractivity contribution is 9.10. The van der Waals surface area contributed by atoms with E-state index < -0.39 is 0 Å². The molecule has 1 aromatic rings. The van der Waals surface area contributed by atoms with Gasteiger partial charge in [-0.15, -0.1) is 0 Å². The first-order valence-electron chi connectivity index (χ1n) is 6.45. The van der Waals surface area contributed by atoms with E-state index in [1.165, 1.54) is 12.0 Å². The van der Waals surface area contributed by atoms with E-state index in [0.29, 0.717) is 18.0 Å². The SMILES string of the molecule is CC(C)N1CCC(CN)C1c1ccc(Cl)c(Br)c1. The molecule has 0 radical (unpaired) electrons. The number of hydrogen-bond acceptors (Lipinski definition) is 2. The molecule has 2 nitrogen and oxygen atoms in total. The molecule has 1 fully saturated rings. The highest BCUT2D eigenvalue weighted by atomic mass is 79.9. The third-order valence-electron chi connectivity index (χ3n) is 3.81. The van der Waals surface area contributed by atoms with Crippen molar-refractivity contribution in [3.8, 4) is 0 Å². The standard InChI is InChI=1S/C14H20BrClN2/c1-9(2)18-6-5-11(8-17)14(18)10-3-4-13(16)12(15)7-10/h3-4,7,9,11,14H,5-6,8,17H2,1-2H3. The molecule has 2 N–H and O–H groups in total. The summed E-state index contributed by atoms with van der Waals surface area (Å²) < 4.78 is 0.966. The van der Waals surface area contributed by atoms with Crippen molar-refractivity contribution in [3.63, 3.8) is 0 Å². The van der Waals surface area contributed by atoms with Gasteiger partial charge in [0.15, 0.2) is 0 Å². The summed E-state index contributed by atoms with van der Waals surface area (Å²) in [5.41, 5.74) is 7.24. The number of halogens is 2. The third-order valence-corrected chi connectivity index (χ3v) is 5.03. The lowest BCUT2D eigenvalue weighted by Gasteiger charge is -2.31. The second-order valence-electron chi connectivity index (χ2n) is 5.23. The Balaban J connectivity index is 2.34. The van der Waals surface area contributed by atoms with E-state index in [1.54, 1.807) is 0 Å². The fourth-order valence-electron chi connectivity index (χ4n) is 2.87. The van der Waals surface area contributed by atoms with E-state index in [1.807, 2.05) is 6.07 Å². The lowest BCUT2D eigenvalue weighted by molar-refractivity contribution is 0.184. The molecule has 2 rings (SSSR count). The van der Waals surface area contributed by atoms with Crippen LogP contribution in [0.4, 0.5) is 0 Å². The molecule has 0 saturated carbocycles. The molecule has 0 aliphatic carbocycles. The maximum Gasteiger partial charge on any atom is 0.0548 e. The Morgan fingerprint density at radius 1 is 1.50 bits per heavy atom. The molecule has 0 aromatic heterocycles. The van der Waals surface area contributed by atoms with Gasteiger partial charge in [-0.25, -0.2) is 0 Å². The maximum atomic E-state index is 6.07. The average Bonchev–Trinajstić information content (AvgIpc) is 2.76.